The highest BCUT2D eigenvalue weighted by molar-refractivity contribution is 8.04. The molecule has 18 heavy (non-hydrogen) atoms. The van der Waals surface area contributed by atoms with Gasteiger partial charge in [0.2, 0.25) is 0 Å². The van der Waals surface area contributed by atoms with Crippen LogP contribution in [-0.4, -0.2) is 31.6 Å². The molecule has 0 amide bonds. The van der Waals surface area contributed by atoms with E-state index in [1.807, 2.05) is 14.1 Å². The molecule has 0 bridgehead atoms. The van der Waals surface area contributed by atoms with E-state index in [-0.39, 0.29) is 11.8 Å². The Labute approximate surface area is 111 Å². The lowest BCUT2D eigenvalue weighted by Gasteiger charge is -2.10. The van der Waals surface area contributed by atoms with Crippen molar-refractivity contribution in [2.75, 3.05) is 20.7 Å². The Balaban J connectivity index is 2.85. The first-order chi connectivity index (χ1) is 8.52. The molecule has 0 saturated heterocycles. The van der Waals surface area contributed by atoms with E-state index >= 15 is 0 Å². The molecule has 0 fully saturated rings. The summed E-state index contributed by atoms with van der Waals surface area (Å²) in [6, 6.07) is 5.98. The van der Waals surface area contributed by atoms with E-state index < -0.39 is 0 Å². The Morgan fingerprint density at radius 3 is 2.50 bits per heavy atom. The van der Waals surface area contributed by atoms with Crippen molar-refractivity contribution in [2.45, 2.75) is 11.8 Å². The number of carbonyl (C=O) groups excluding carboxylic acids is 1. The second kappa shape index (κ2) is 7.06. The third-order valence-electron chi connectivity index (χ3n) is 1.89. The van der Waals surface area contributed by atoms with Gasteiger partial charge in [-0.05, 0) is 31.2 Å². The largest absolute Gasteiger partial charge is 0.462 e. The van der Waals surface area contributed by atoms with Gasteiger partial charge in [0.15, 0.2) is 0 Å². The molecule has 0 N–H and O–H groups in total. The predicted molar refractivity (Wildman–Crippen MR) is 70.7 cm³/mol. The molecule has 98 valence electrons. The highest BCUT2D eigenvalue weighted by Crippen LogP contribution is 2.27. The third-order valence-corrected chi connectivity index (χ3v) is 2.89. The highest BCUT2D eigenvalue weighted by atomic mass is 32.2. The zero-order valence-corrected chi connectivity index (χ0v) is 11.5. The van der Waals surface area contributed by atoms with E-state index in [1.54, 1.807) is 30.2 Å². The molecule has 1 aromatic rings. The summed E-state index contributed by atoms with van der Waals surface area (Å²) in [5, 5.41) is 0. The Morgan fingerprint density at radius 1 is 1.39 bits per heavy atom. The zero-order valence-electron chi connectivity index (χ0n) is 10.6. The highest BCUT2D eigenvalue weighted by Gasteiger charge is 2.13. The standard InChI is InChI=1S/C13H16FNO2S/c1-4-17-13(16)12(9-15(2)3)18-11-7-5-10(14)6-8-11/h5-9H,4H2,1-3H3/b12-9-. The van der Waals surface area contributed by atoms with E-state index in [0.717, 1.165) is 4.90 Å². The first-order valence-electron chi connectivity index (χ1n) is 5.51. The molecule has 0 atom stereocenters. The van der Waals surface area contributed by atoms with Crippen LogP contribution in [-0.2, 0) is 9.53 Å². The molecule has 0 radical (unpaired) electrons. The number of thioether (sulfide) groups is 1. The molecule has 0 aliphatic rings. The van der Waals surface area contributed by atoms with E-state index in [1.165, 1.54) is 23.9 Å². The van der Waals surface area contributed by atoms with Crippen molar-refractivity contribution < 1.29 is 13.9 Å². The molecule has 1 rings (SSSR count). The Morgan fingerprint density at radius 2 is 2.00 bits per heavy atom. The minimum atomic E-state index is -0.375. The lowest BCUT2D eigenvalue weighted by Crippen LogP contribution is -2.10. The SMILES string of the molecule is CCOC(=O)/C(=C/N(C)C)Sc1ccc(F)cc1. The lowest BCUT2D eigenvalue weighted by molar-refractivity contribution is -0.137. The molecule has 5 heteroatoms. The normalized spacial score (nSPS) is 11.2. The summed E-state index contributed by atoms with van der Waals surface area (Å²) in [4.78, 5) is 14.8. The van der Waals surface area contributed by atoms with Gasteiger partial charge in [0.1, 0.15) is 10.7 Å². The summed E-state index contributed by atoms with van der Waals surface area (Å²) in [7, 11) is 3.65. The molecule has 0 aliphatic heterocycles. The summed E-state index contributed by atoms with van der Waals surface area (Å²) in [5.41, 5.74) is 0. The van der Waals surface area contributed by atoms with Crippen LogP contribution in [0.25, 0.3) is 0 Å². The first-order valence-corrected chi connectivity index (χ1v) is 6.33. The predicted octanol–water partition coefficient (Wildman–Crippen LogP) is 2.88. The van der Waals surface area contributed by atoms with Gasteiger partial charge in [0.25, 0.3) is 0 Å². The van der Waals surface area contributed by atoms with Crippen LogP contribution in [0.15, 0.2) is 40.3 Å². The number of ether oxygens (including phenoxy) is 1. The molecule has 0 heterocycles. The average Bonchev–Trinajstić information content (AvgIpc) is 2.31. The molecular weight excluding hydrogens is 253 g/mol. The lowest BCUT2D eigenvalue weighted by atomic mass is 10.4. The van der Waals surface area contributed by atoms with Crippen LogP contribution in [0.5, 0.6) is 0 Å². The van der Waals surface area contributed by atoms with E-state index in [9.17, 15) is 9.18 Å². The van der Waals surface area contributed by atoms with E-state index in [0.29, 0.717) is 11.5 Å². The fourth-order valence-electron chi connectivity index (χ4n) is 1.19. The number of halogens is 1. The quantitative estimate of drug-likeness (QED) is 0.467. The minimum absolute atomic E-state index is 0.298. The van der Waals surface area contributed by atoms with Gasteiger partial charge >= 0.3 is 5.97 Å². The summed E-state index contributed by atoms with van der Waals surface area (Å²) >= 11 is 1.25. The van der Waals surface area contributed by atoms with Crippen LogP contribution in [0.1, 0.15) is 6.92 Å². The van der Waals surface area contributed by atoms with Crippen LogP contribution in [0, 0.1) is 5.82 Å². The van der Waals surface area contributed by atoms with Crippen LogP contribution in [0.3, 0.4) is 0 Å². The fraction of sp³-hybridized carbons (Fsp3) is 0.308. The second-order valence-corrected chi connectivity index (χ2v) is 4.85. The van der Waals surface area contributed by atoms with Gasteiger partial charge in [-0.15, -0.1) is 0 Å². The molecule has 0 spiro atoms. The molecular formula is C13H16FNO2S. The third kappa shape index (κ3) is 4.79. The van der Waals surface area contributed by atoms with Crippen molar-refractivity contribution in [3.8, 4) is 0 Å². The Kier molecular flexibility index (Phi) is 5.71. The monoisotopic (exact) mass is 269 g/mol. The van der Waals surface area contributed by atoms with Gasteiger partial charge in [0.05, 0.1) is 6.61 Å². The second-order valence-electron chi connectivity index (χ2n) is 3.73. The van der Waals surface area contributed by atoms with Gasteiger partial charge in [-0.25, -0.2) is 9.18 Å². The van der Waals surface area contributed by atoms with Gasteiger partial charge in [-0.1, -0.05) is 11.8 Å². The smallest absolute Gasteiger partial charge is 0.346 e. The Hall–Kier alpha value is -1.49. The number of benzene rings is 1. The molecule has 3 nitrogen and oxygen atoms in total. The van der Waals surface area contributed by atoms with Gasteiger partial charge in [-0.3, -0.25) is 0 Å². The maximum Gasteiger partial charge on any atom is 0.346 e. The number of esters is 1. The number of hydrogen-bond acceptors (Lipinski definition) is 4. The molecule has 0 saturated carbocycles. The van der Waals surface area contributed by atoms with Gasteiger partial charge < -0.3 is 9.64 Å². The number of rotatable bonds is 5. The van der Waals surface area contributed by atoms with E-state index in [4.69, 9.17) is 4.74 Å². The zero-order chi connectivity index (χ0) is 13.5. The molecule has 0 aromatic heterocycles. The Bertz CT molecular complexity index is 429. The average molecular weight is 269 g/mol. The number of hydrogen-bond donors (Lipinski definition) is 0. The maximum absolute atomic E-state index is 12.8. The maximum atomic E-state index is 12.8. The van der Waals surface area contributed by atoms with Crippen LogP contribution in [0.2, 0.25) is 0 Å². The molecule has 1 aromatic carbocycles. The summed E-state index contributed by atoms with van der Waals surface area (Å²) in [5.74, 6) is -0.672. The van der Waals surface area contributed by atoms with Crippen molar-refractivity contribution in [1.29, 1.82) is 0 Å². The number of carbonyl (C=O) groups is 1. The van der Waals surface area contributed by atoms with E-state index in [2.05, 4.69) is 0 Å². The first kappa shape index (κ1) is 14.6. The number of nitrogens with zero attached hydrogens (tertiary/aromatic N) is 1. The summed E-state index contributed by atoms with van der Waals surface area (Å²) in [6.07, 6.45) is 1.69. The van der Waals surface area contributed by atoms with Crippen molar-refractivity contribution in [1.82, 2.24) is 4.90 Å². The van der Waals surface area contributed by atoms with Crippen LogP contribution < -0.4 is 0 Å². The fourth-order valence-corrected chi connectivity index (χ4v) is 2.12. The van der Waals surface area contributed by atoms with Crippen molar-refractivity contribution in [2.24, 2.45) is 0 Å². The topological polar surface area (TPSA) is 29.5 Å². The van der Waals surface area contributed by atoms with Crippen LogP contribution in [0.4, 0.5) is 4.39 Å². The van der Waals surface area contributed by atoms with Crippen molar-refractivity contribution >= 4 is 17.7 Å². The van der Waals surface area contributed by atoms with Gasteiger partial charge in [0, 0.05) is 25.2 Å². The summed E-state index contributed by atoms with van der Waals surface area (Å²) < 4.78 is 17.8. The van der Waals surface area contributed by atoms with Crippen molar-refractivity contribution in [3.63, 3.8) is 0 Å². The minimum Gasteiger partial charge on any atom is -0.462 e. The molecule has 0 aliphatic carbocycles. The summed E-state index contributed by atoms with van der Waals surface area (Å²) in [6.45, 7) is 2.08. The van der Waals surface area contributed by atoms with Crippen LogP contribution >= 0.6 is 11.8 Å². The van der Waals surface area contributed by atoms with Gasteiger partial charge in [-0.2, -0.15) is 0 Å². The molecule has 0 unspecified atom stereocenters. The van der Waals surface area contributed by atoms with Crippen molar-refractivity contribution in [3.05, 3.63) is 41.2 Å².